The number of rotatable bonds is 5. The Hall–Kier alpha value is -1.59. The summed E-state index contributed by atoms with van der Waals surface area (Å²) in [6.45, 7) is 11.5. The van der Waals surface area contributed by atoms with E-state index in [0.29, 0.717) is 0 Å². The number of aliphatic imine (C=N–C) groups is 1. The smallest absolute Gasteiger partial charge is 0.194 e. The van der Waals surface area contributed by atoms with Crippen molar-refractivity contribution in [2.24, 2.45) is 4.99 Å². The first-order chi connectivity index (χ1) is 12.7. The van der Waals surface area contributed by atoms with E-state index >= 15 is 0 Å². The number of guanidine groups is 1. The number of aryl methyl sites for hydroxylation is 2. The number of nitrogens with one attached hydrogen (secondary N) is 1. The van der Waals surface area contributed by atoms with E-state index in [0.717, 1.165) is 64.6 Å². The van der Waals surface area contributed by atoms with Gasteiger partial charge < -0.3 is 19.7 Å². The molecule has 0 radical (unpaired) electrons. The lowest BCUT2D eigenvalue weighted by Crippen LogP contribution is -2.53. The van der Waals surface area contributed by atoms with E-state index in [1.807, 2.05) is 0 Å². The summed E-state index contributed by atoms with van der Waals surface area (Å²) in [6, 6.07) is 6.67. The van der Waals surface area contributed by atoms with Crippen LogP contribution in [-0.2, 0) is 15.9 Å². The first kappa shape index (κ1) is 19.2. The third-order valence-corrected chi connectivity index (χ3v) is 5.25. The first-order valence-electron chi connectivity index (χ1n) is 10.00. The summed E-state index contributed by atoms with van der Waals surface area (Å²) in [6.07, 6.45) is 3.64. The van der Waals surface area contributed by atoms with E-state index in [9.17, 15) is 0 Å². The van der Waals surface area contributed by atoms with Gasteiger partial charge in [-0.2, -0.15) is 0 Å². The first-order valence-corrected chi connectivity index (χ1v) is 10.00. The van der Waals surface area contributed by atoms with Crippen molar-refractivity contribution in [1.29, 1.82) is 0 Å². The predicted octanol–water partition coefficient (Wildman–Crippen LogP) is 2.69. The number of hydrogen-bond donors (Lipinski definition) is 1. The second kappa shape index (κ2) is 9.38. The van der Waals surface area contributed by atoms with E-state index in [-0.39, 0.29) is 12.2 Å². The van der Waals surface area contributed by atoms with Gasteiger partial charge in [0.05, 0.1) is 12.7 Å². The van der Waals surface area contributed by atoms with Crippen LogP contribution in [0, 0.1) is 13.8 Å². The zero-order valence-corrected chi connectivity index (χ0v) is 16.5. The number of nitrogens with zero attached hydrogens (tertiary/aromatic N) is 2. The Labute approximate surface area is 157 Å². The third-order valence-electron chi connectivity index (χ3n) is 5.25. The number of morpholine rings is 1. The summed E-state index contributed by atoms with van der Waals surface area (Å²) in [5.74, 6) is 1.00. The highest BCUT2D eigenvalue weighted by Crippen LogP contribution is 2.21. The highest BCUT2D eigenvalue weighted by molar-refractivity contribution is 5.80. The zero-order valence-electron chi connectivity index (χ0n) is 16.5. The van der Waals surface area contributed by atoms with Crippen molar-refractivity contribution >= 4 is 5.96 Å². The van der Waals surface area contributed by atoms with Crippen LogP contribution in [0.25, 0.3) is 0 Å². The molecule has 144 valence electrons. The lowest BCUT2D eigenvalue weighted by Gasteiger charge is -2.37. The zero-order chi connectivity index (χ0) is 18.4. The topological polar surface area (TPSA) is 46.1 Å². The molecule has 1 aromatic carbocycles. The largest absolute Gasteiger partial charge is 0.375 e. The molecule has 3 rings (SSSR count). The summed E-state index contributed by atoms with van der Waals surface area (Å²) >= 11 is 0. The fraction of sp³-hybridized carbons (Fsp3) is 0.667. The standard InChI is InChI=1S/C21H33N3O2/c1-4-22-21(23-10-9-18-8-7-16(2)14-17(18)3)24-11-13-26-20(15-24)19-6-5-12-25-19/h7-8,14,19-20H,4-6,9-13,15H2,1-3H3,(H,22,23). The summed E-state index contributed by atoms with van der Waals surface area (Å²) in [5.41, 5.74) is 4.06. The summed E-state index contributed by atoms with van der Waals surface area (Å²) in [5, 5.41) is 3.45. The predicted molar refractivity (Wildman–Crippen MR) is 106 cm³/mol. The third kappa shape index (κ3) is 4.98. The fourth-order valence-electron chi connectivity index (χ4n) is 3.82. The maximum absolute atomic E-state index is 5.97. The Morgan fingerprint density at radius 1 is 1.23 bits per heavy atom. The van der Waals surface area contributed by atoms with Crippen molar-refractivity contribution in [3.63, 3.8) is 0 Å². The van der Waals surface area contributed by atoms with Gasteiger partial charge in [-0.05, 0) is 51.2 Å². The normalized spacial score (nSPS) is 24.1. The molecule has 2 unspecified atom stereocenters. The van der Waals surface area contributed by atoms with Crippen LogP contribution in [0.3, 0.4) is 0 Å². The van der Waals surface area contributed by atoms with E-state index < -0.39 is 0 Å². The average molecular weight is 360 g/mol. The van der Waals surface area contributed by atoms with E-state index in [2.05, 4.69) is 49.2 Å². The molecule has 0 aromatic heterocycles. The Balaban J connectivity index is 1.60. The minimum Gasteiger partial charge on any atom is -0.375 e. The molecule has 5 heteroatoms. The Morgan fingerprint density at radius 2 is 2.08 bits per heavy atom. The van der Waals surface area contributed by atoms with Gasteiger partial charge in [0.2, 0.25) is 0 Å². The van der Waals surface area contributed by atoms with Crippen LogP contribution in [0.4, 0.5) is 0 Å². The highest BCUT2D eigenvalue weighted by atomic mass is 16.5. The van der Waals surface area contributed by atoms with Gasteiger partial charge in [-0.3, -0.25) is 4.99 Å². The van der Waals surface area contributed by atoms with Gasteiger partial charge in [-0.25, -0.2) is 0 Å². The number of hydrogen-bond acceptors (Lipinski definition) is 3. The monoisotopic (exact) mass is 359 g/mol. The van der Waals surface area contributed by atoms with Crippen molar-refractivity contribution in [2.75, 3.05) is 39.4 Å². The molecule has 2 fully saturated rings. The lowest BCUT2D eigenvalue weighted by atomic mass is 10.0. The molecule has 2 atom stereocenters. The summed E-state index contributed by atoms with van der Waals surface area (Å²) in [7, 11) is 0. The molecule has 0 aliphatic carbocycles. The van der Waals surface area contributed by atoms with E-state index in [1.54, 1.807) is 0 Å². The lowest BCUT2D eigenvalue weighted by molar-refractivity contribution is -0.0817. The molecule has 2 saturated heterocycles. The van der Waals surface area contributed by atoms with Gasteiger partial charge in [0.25, 0.3) is 0 Å². The molecular weight excluding hydrogens is 326 g/mol. The highest BCUT2D eigenvalue weighted by Gasteiger charge is 2.32. The molecular formula is C21H33N3O2. The fourth-order valence-corrected chi connectivity index (χ4v) is 3.82. The molecule has 1 N–H and O–H groups in total. The maximum Gasteiger partial charge on any atom is 0.194 e. The molecule has 0 saturated carbocycles. The van der Waals surface area contributed by atoms with Crippen LogP contribution in [0.15, 0.2) is 23.2 Å². The van der Waals surface area contributed by atoms with Crippen LogP contribution in [0.1, 0.15) is 36.5 Å². The van der Waals surface area contributed by atoms with Crippen molar-refractivity contribution in [3.8, 4) is 0 Å². The van der Waals surface area contributed by atoms with Crippen LogP contribution >= 0.6 is 0 Å². The second-order valence-electron chi connectivity index (χ2n) is 7.32. The summed E-state index contributed by atoms with van der Waals surface area (Å²) < 4.78 is 11.8. The van der Waals surface area contributed by atoms with Gasteiger partial charge in [0.1, 0.15) is 6.10 Å². The Kier molecular flexibility index (Phi) is 6.92. The van der Waals surface area contributed by atoms with Gasteiger partial charge in [-0.15, -0.1) is 0 Å². The maximum atomic E-state index is 5.97. The molecule has 26 heavy (non-hydrogen) atoms. The Bertz CT molecular complexity index is 611. The average Bonchev–Trinajstić information content (AvgIpc) is 3.17. The van der Waals surface area contributed by atoms with Crippen LogP contribution in [-0.4, -0.2) is 62.5 Å². The van der Waals surface area contributed by atoms with Gasteiger partial charge in [0.15, 0.2) is 5.96 Å². The minimum absolute atomic E-state index is 0.162. The quantitative estimate of drug-likeness (QED) is 0.649. The molecule has 5 nitrogen and oxygen atoms in total. The molecule has 1 aromatic rings. The summed E-state index contributed by atoms with van der Waals surface area (Å²) in [4.78, 5) is 7.23. The minimum atomic E-state index is 0.162. The van der Waals surface area contributed by atoms with E-state index in [1.165, 1.54) is 16.7 Å². The molecule has 0 bridgehead atoms. The molecule has 2 heterocycles. The van der Waals surface area contributed by atoms with Crippen molar-refractivity contribution in [1.82, 2.24) is 10.2 Å². The van der Waals surface area contributed by atoms with Gasteiger partial charge in [0, 0.05) is 32.8 Å². The Morgan fingerprint density at radius 3 is 2.81 bits per heavy atom. The van der Waals surface area contributed by atoms with Gasteiger partial charge in [-0.1, -0.05) is 23.8 Å². The van der Waals surface area contributed by atoms with Crippen LogP contribution in [0.5, 0.6) is 0 Å². The van der Waals surface area contributed by atoms with E-state index in [4.69, 9.17) is 14.5 Å². The van der Waals surface area contributed by atoms with Crippen LogP contribution in [0.2, 0.25) is 0 Å². The second-order valence-corrected chi connectivity index (χ2v) is 7.32. The van der Waals surface area contributed by atoms with Crippen molar-refractivity contribution in [2.45, 2.75) is 52.2 Å². The number of benzene rings is 1. The van der Waals surface area contributed by atoms with Crippen LogP contribution < -0.4 is 5.32 Å². The van der Waals surface area contributed by atoms with Crippen molar-refractivity contribution < 1.29 is 9.47 Å². The molecule has 2 aliphatic heterocycles. The number of ether oxygens (including phenoxy) is 2. The molecule has 0 spiro atoms. The SMILES string of the molecule is CCNC(=NCCc1ccc(C)cc1C)N1CCOC(C2CCCO2)C1. The molecule has 0 amide bonds. The molecule has 2 aliphatic rings. The van der Waals surface area contributed by atoms with Crippen molar-refractivity contribution in [3.05, 3.63) is 34.9 Å². The van der Waals surface area contributed by atoms with Gasteiger partial charge >= 0.3 is 0 Å².